The number of ether oxygens (including phenoxy) is 6. The summed E-state index contributed by atoms with van der Waals surface area (Å²) in [5.41, 5.74) is 7.62. The first-order chi connectivity index (χ1) is 27.8. The Labute approximate surface area is 335 Å². The van der Waals surface area contributed by atoms with Crippen molar-refractivity contribution >= 4 is 5.91 Å². The van der Waals surface area contributed by atoms with Gasteiger partial charge in [0.25, 0.3) is 5.91 Å². The molecule has 1 N–H and O–H groups in total. The summed E-state index contributed by atoms with van der Waals surface area (Å²) >= 11 is 0. The van der Waals surface area contributed by atoms with Gasteiger partial charge >= 0.3 is 0 Å². The number of hydrogen-bond acceptors (Lipinski definition) is 9. The third kappa shape index (κ3) is 7.97. The van der Waals surface area contributed by atoms with E-state index in [2.05, 4.69) is 71.7 Å². The van der Waals surface area contributed by atoms with E-state index in [4.69, 9.17) is 28.4 Å². The van der Waals surface area contributed by atoms with Crippen LogP contribution in [0.15, 0.2) is 91.0 Å². The number of amides is 1. The highest BCUT2D eigenvalue weighted by Gasteiger charge is 2.35. The molecule has 0 saturated heterocycles. The van der Waals surface area contributed by atoms with Crippen molar-refractivity contribution < 1.29 is 33.2 Å². The molecule has 0 radical (unpaired) electrons. The van der Waals surface area contributed by atoms with Gasteiger partial charge in [0.1, 0.15) is 5.75 Å². The van der Waals surface area contributed by atoms with Gasteiger partial charge in [0.15, 0.2) is 34.5 Å². The lowest BCUT2D eigenvalue weighted by molar-refractivity contribution is 0.0951. The van der Waals surface area contributed by atoms with Crippen molar-refractivity contribution in [2.75, 3.05) is 61.7 Å². The van der Waals surface area contributed by atoms with Crippen molar-refractivity contribution in [3.8, 4) is 46.0 Å². The maximum atomic E-state index is 12.6. The number of carbonyl (C=O) groups is 1. The van der Waals surface area contributed by atoms with Gasteiger partial charge in [-0.1, -0.05) is 36.4 Å². The Balaban J connectivity index is 1.18. The number of hydrogen-bond donors (Lipinski definition) is 1. The zero-order valence-corrected chi connectivity index (χ0v) is 33.4. The molecular weight excluding hydrogens is 719 g/mol. The van der Waals surface area contributed by atoms with Gasteiger partial charge in [-0.2, -0.15) is 0 Å². The molecule has 0 saturated carbocycles. The molecule has 5 aromatic rings. The number of fused-ring (bicyclic) bond motifs is 2. The molecule has 9 rings (SSSR count). The molecule has 0 aliphatic carbocycles. The first-order valence-electron chi connectivity index (χ1n) is 19.8. The highest BCUT2D eigenvalue weighted by molar-refractivity contribution is 5.94. The second kappa shape index (κ2) is 16.8. The molecule has 296 valence electrons. The van der Waals surface area contributed by atoms with Gasteiger partial charge in [-0.05, 0) is 129 Å². The smallest absolute Gasteiger partial charge is 0.251 e. The van der Waals surface area contributed by atoms with Crippen LogP contribution in [-0.2, 0) is 25.7 Å². The molecule has 2 atom stereocenters. The molecule has 4 heterocycles. The molecule has 0 fully saturated rings. The molecule has 1 unspecified atom stereocenters. The van der Waals surface area contributed by atoms with E-state index in [1.807, 2.05) is 48.5 Å². The molecule has 57 heavy (non-hydrogen) atoms. The molecule has 1 amide bonds. The topological polar surface area (TPSA) is 91.0 Å². The fourth-order valence-corrected chi connectivity index (χ4v) is 8.37. The Hall–Kier alpha value is -5.71. The van der Waals surface area contributed by atoms with E-state index < -0.39 is 0 Å². The highest BCUT2D eigenvalue weighted by Crippen LogP contribution is 2.52. The molecule has 0 spiro atoms. The van der Waals surface area contributed by atoms with Crippen LogP contribution in [0.25, 0.3) is 0 Å². The van der Waals surface area contributed by atoms with Crippen LogP contribution in [0.1, 0.15) is 62.2 Å². The molecular formula is C47H51N3O7. The standard InChI is InChI=1S/C47H51N3O7/c1-49-21-18-33-27-40(52-3)42-29-36(33)37(49)24-30-12-15-35(16-13-30)56-41-26-31(14-17-39(41)55-23-9-20-48-47(51)32-10-7-6-8-11-32)25-38-44-34(19-22-50(38)2)28-43(53-4)45(54-5)46(44)57-42/h6-8,10-17,26-29,37-38H,9,18-25H2,1-5H3,(H,48,51)/t37?,38-/m1/s1. The molecule has 4 aliphatic rings. The minimum absolute atomic E-state index is 0.0583. The van der Waals surface area contributed by atoms with Crippen LogP contribution < -0.4 is 33.7 Å². The van der Waals surface area contributed by atoms with Crippen LogP contribution >= 0.6 is 0 Å². The third-order valence-electron chi connectivity index (χ3n) is 11.5. The SMILES string of the molecule is COc1cc2c3cc1Oc1c(OC)c(OC)cc4c1[C@@H](Cc1ccc(OCCCNC(=O)c5ccccc5)c(c1)Oc1ccc(cc1)CC3N(C)CC2)N(C)CC4. The number of rotatable bonds is 9. The predicted molar refractivity (Wildman–Crippen MR) is 220 cm³/mol. The van der Waals surface area contributed by atoms with Crippen molar-refractivity contribution in [1.82, 2.24) is 15.1 Å². The van der Waals surface area contributed by atoms with E-state index in [9.17, 15) is 4.79 Å². The van der Waals surface area contributed by atoms with Gasteiger partial charge < -0.3 is 33.7 Å². The number of benzene rings is 5. The predicted octanol–water partition coefficient (Wildman–Crippen LogP) is 8.35. The summed E-state index contributed by atoms with van der Waals surface area (Å²) in [4.78, 5) is 17.4. The van der Waals surface area contributed by atoms with Crippen molar-refractivity contribution in [3.63, 3.8) is 0 Å². The van der Waals surface area contributed by atoms with Gasteiger partial charge in [0.2, 0.25) is 5.75 Å². The maximum Gasteiger partial charge on any atom is 0.251 e. The average molecular weight is 770 g/mol. The van der Waals surface area contributed by atoms with E-state index >= 15 is 0 Å². The van der Waals surface area contributed by atoms with Crippen molar-refractivity contribution in [2.45, 2.75) is 44.2 Å². The van der Waals surface area contributed by atoms with Crippen LogP contribution in [0.2, 0.25) is 0 Å². The van der Waals surface area contributed by atoms with E-state index in [1.165, 1.54) is 16.7 Å². The number of likely N-dealkylation sites (N-methyl/N-ethyl adjacent to an activating group) is 2. The first kappa shape index (κ1) is 38.2. The first-order valence-corrected chi connectivity index (χ1v) is 19.8. The lowest BCUT2D eigenvalue weighted by atomic mass is 9.87. The zero-order valence-electron chi connectivity index (χ0n) is 33.4. The zero-order chi connectivity index (χ0) is 39.5. The van der Waals surface area contributed by atoms with Gasteiger partial charge in [0.05, 0.1) is 27.9 Å². The molecule has 4 aliphatic heterocycles. The molecule has 0 aromatic heterocycles. The van der Waals surface area contributed by atoms with Gasteiger partial charge in [-0.3, -0.25) is 14.6 Å². The highest BCUT2D eigenvalue weighted by atomic mass is 16.5. The fraction of sp³-hybridized carbons (Fsp3) is 0.340. The normalized spacial score (nSPS) is 17.6. The van der Waals surface area contributed by atoms with Gasteiger partial charge in [-0.15, -0.1) is 0 Å². The Morgan fingerprint density at radius 1 is 0.719 bits per heavy atom. The summed E-state index contributed by atoms with van der Waals surface area (Å²) in [7, 11) is 9.38. The minimum Gasteiger partial charge on any atom is -0.493 e. The van der Waals surface area contributed by atoms with Crippen LogP contribution in [0.5, 0.6) is 46.0 Å². The van der Waals surface area contributed by atoms with Crippen molar-refractivity contribution in [3.05, 3.63) is 130 Å². The lowest BCUT2D eigenvalue weighted by Gasteiger charge is -2.37. The Morgan fingerprint density at radius 3 is 2.16 bits per heavy atom. The molecule has 5 aromatic carbocycles. The van der Waals surface area contributed by atoms with Crippen molar-refractivity contribution in [2.24, 2.45) is 0 Å². The van der Waals surface area contributed by atoms with E-state index in [-0.39, 0.29) is 18.0 Å². The Morgan fingerprint density at radius 2 is 1.40 bits per heavy atom. The summed E-state index contributed by atoms with van der Waals surface area (Å²) < 4.78 is 38.1. The van der Waals surface area contributed by atoms with Crippen LogP contribution in [0.4, 0.5) is 0 Å². The number of methoxy groups -OCH3 is 3. The second-order valence-corrected chi connectivity index (χ2v) is 15.1. The Bertz CT molecular complexity index is 2230. The summed E-state index contributed by atoms with van der Waals surface area (Å²) in [5, 5.41) is 2.99. The van der Waals surface area contributed by atoms with Crippen LogP contribution in [0.3, 0.4) is 0 Å². The number of carbonyl (C=O) groups excluding carboxylic acids is 1. The average Bonchev–Trinajstić information content (AvgIpc) is 3.23. The monoisotopic (exact) mass is 769 g/mol. The number of nitrogens with one attached hydrogen (secondary N) is 1. The van der Waals surface area contributed by atoms with E-state index in [1.54, 1.807) is 21.3 Å². The Kier molecular flexibility index (Phi) is 11.2. The molecule has 10 nitrogen and oxygen atoms in total. The van der Waals surface area contributed by atoms with Gasteiger partial charge in [-0.25, -0.2) is 0 Å². The largest absolute Gasteiger partial charge is 0.493 e. The third-order valence-corrected chi connectivity index (χ3v) is 11.5. The fourth-order valence-electron chi connectivity index (χ4n) is 8.37. The minimum atomic E-state index is -0.0971. The van der Waals surface area contributed by atoms with Crippen LogP contribution in [0, 0.1) is 0 Å². The van der Waals surface area contributed by atoms with E-state index in [0.29, 0.717) is 71.8 Å². The molecule has 6 bridgehead atoms. The van der Waals surface area contributed by atoms with E-state index in [0.717, 1.165) is 54.8 Å². The lowest BCUT2D eigenvalue weighted by Crippen LogP contribution is -2.34. The second-order valence-electron chi connectivity index (χ2n) is 15.1. The summed E-state index contributed by atoms with van der Waals surface area (Å²) in [6.07, 6.45) is 3.86. The van der Waals surface area contributed by atoms with Gasteiger partial charge in [0, 0.05) is 42.8 Å². The molecule has 10 heteroatoms. The maximum absolute atomic E-state index is 12.6. The summed E-state index contributed by atoms with van der Waals surface area (Å²) in [6.45, 7) is 2.69. The quantitative estimate of drug-likeness (QED) is 0.149. The summed E-state index contributed by atoms with van der Waals surface area (Å²) in [6, 6.07) is 30.3. The van der Waals surface area contributed by atoms with Crippen LogP contribution in [-0.4, -0.2) is 77.4 Å². The summed E-state index contributed by atoms with van der Waals surface area (Å²) in [5.74, 6) is 5.05. The number of nitrogens with zero attached hydrogens (tertiary/aromatic N) is 2. The van der Waals surface area contributed by atoms with Crippen molar-refractivity contribution in [1.29, 1.82) is 0 Å².